The van der Waals surface area contributed by atoms with Crippen molar-refractivity contribution in [1.29, 1.82) is 0 Å². The normalized spacial score (nSPS) is 10.4. The van der Waals surface area contributed by atoms with Gasteiger partial charge in [-0.3, -0.25) is 0 Å². The van der Waals surface area contributed by atoms with E-state index in [0.717, 1.165) is 29.4 Å². The van der Waals surface area contributed by atoms with Crippen LogP contribution in [0.15, 0.2) is 30.3 Å². The number of aryl methyl sites for hydroxylation is 1. The Morgan fingerprint density at radius 1 is 1.20 bits per heavy atom. The Morgan fingerprint density at radius 3 is 2.75 bits per heavy atom. The number of nitrogens with one attached hydrogen (secondary N) is 1. The third-order valence-corrected chi connectivity index (χ3v) is 3.54. The van der Waals surface area contributed by atoms with E-state index in [2.05, 4.69) is 30.2 Å². The number of hydrogen-bond acceptors (Lipinski definition) is 3. The average Bonchev–Trinajstić information content (AvgIpc) is 2.44. The molecule has 0 bridgehead atoms. The van der Waals surface area contributed by atoms with E-state index >= 15 is 0 Å². The molecule has 0 fully saturated rings. The fraction of sp³-hybridized carbons (Fsp3) is 0.312. The zero-order chi connectivity index (χ0) is 14.5. The van der Waals surface area contributed by atoms with Crippen molar-refractivity contribution in [2.75, 3.05) is 11.9 Å². The van der Waals surface area contributed by atoms with Crippen molar-refractivity contribution < 1.29 is 4.74 Å². The maximum Gasteiger partial charge on any atom is 0.132 e. The Morgan fingerprint density at radius 2 is 2.00 bits per heavy atom. The first-order chi connectivity index (χ1) is 9.61. The van der Waals surface area contributed by atoms with Gasteiger partial charge in [-0.15, -0.1) is 0 Å². The fourth-order valence-corrected chi connectivity index (χ4v) is 2.05. The number of aromatic nitrogens is 1. The van der Waals surface area contributed by atoms with Crippen molar-refractivity contribution in [3.8, 4) is 5.75 Å². The molecule has 2 rings (SSSR count). The van der Waals surface area contributed by atoms with Crippen LogP contribution >= 0.6 is 11.6 Å². The minimum atomic E-state index is 0.363. The van der Waals surface area contributed by atoms with Gasteiger partial charge in [-0.2, -0.15) is 0 Å². The van der Waals surface area contributed by atoms with E-state index in [1.54, 1.807) is 0 Å². The number of ether oxygens (including phenoxy) is 1. The molecule has 0 saturated heterocycles. The van der Waals surface area contributed by atoms with Crippen LogP contribution in [-0.4, -0.2) is 11.5 Å². The zero-order valence-corrected chi connectivity index (χ0v) is 12.8. The Balaban J connectivity index is 2.14. The molecule has 1 heterocycles. The summed E-state index contributed by atoms with van der Waals surface area (Å²) in [5.41, 5.74) is 3.10. The van der Waals surface area contributed by atoms with Crippen LogP contribution in [0.5, 0.6) is 5.75 Å². The molecule has 3 nitrogen and oxygen atoms in total. The van der Waals surface area contributed by atoms with E-state index in [1.165, 1.54) is 5.56 Å². The highest BCUT2D eigenvalue weighted by Crippen LogP contribution is 2.23. The van der Waals surface area contributed by atoms with E-state index in [-0.39, 0.29) is 0 Å². The summed E-state index contributed by atoms with van der Waals surface area (Å²) in [6.45, 7) is 7.34. The lowest BCUT2D eigenvalue weighted by Crippen LogP contribution is -2.05. The molecule has 0 unspecified atom stereocenters. The van der Waals surface area contributed by atoms with Gasteiger partial charge < -0.3 is 10.1 Å². The van der Waals surface area contributed by atoms with Crippen LogP contribution in [-0.2, 0) is 6.61 Å². The Kier molecular flexibility index (Phi) is 4.85. The van der Waals surface area contributed by atoms with Gasteiger partial charge in [0.15, 0.2) is 0 Å². The molecule has 2 aromatic rings. The third-order valence-electron chi connectivity index (χ3n) is 3.20. The second kappa shape index (κ2) is 6.62. The fourth-order valence-electron chi connectivity index (χ4n) is 1.89. The van der Waals surface area contributed by atoms with E-state index < -0.39 is 0 Å². The number of halogens is 1. The minimum Gasteiger partial charge on any atom is -0.487 e. The molecule has 0 atom stereocenters. The molecular weight excluding hydrogens is 272 g/mol. The lowest BCUT2D eigenvalue weighted by Gasteiger charge is -2.12. The van der Waals surface area contributed by atoms with Gasteiger partial charge in [-0.05, 0) is 50.1 Å². The van der Waals surface area contributed by atoms with Gasteiger partial charge >= 0.3 is 0 Å². The van der Waals surface area contributed by atoms with Crippen molar-refractivity contribution in [2.24, 2.45) is 0 Å². The minimum absolute atomic E-state index is 0.363. The van der Waals surface area contributed by atoms with Crippen molar-refractivity contribution in [1.82, 2.24) is 4.98 Å². The topological polar surface area (TPSA) is 34.1 Å². The molecule has 0 amide bonds. The van der Waals surface area contributed by atoms with Crippen LogP contribution in [0.2, 0.25) is 5.02 Å². The highest BCUT2D eigenvalue weighted by Gasteiger charge is 2.07. The molecule has 0 spiro atoms. The van der Waals surface area contributed by atoms with Gasteiger partial charge in [-0.1, -0.05) is 23.7 Å². The molecule has 0 aliphatic rings. The van der Waals surface area contributed by atoms with Gasteiger partial charge in [0.1, 0.15) is 18.2 Å². The molecule has 1 aromatic heterocycles. The van der Waals surface area contributed by atoms with Crippen molar-refractivity contribution in [2.45, 2.75) is 27.4 Å². The number of rotatable bonds is 5. The molecule has 0 aliphatic heterocycles. The highest BCUT2D eigenvalue weighted by molar-refractivity contribution is 6.31. The number of anilines is 1. The summed E-state index contributed by atoms with van der Waals surface area (Å²) >= 11 is 6.16. The van der Waals surface area contributed by atoms with Gasteiger partial charge in [0.25, 0.3) is 0 Å². The Labute approximate surface area is 124 Å². The highest BCUT2D eigenvalue weighted by atomic mass is 35.5. The van der Waals surface area contributed by atoms with E-state index in [9.17, 15) is 0 Å². The quantitative estimate of drug-likeness (QED) is 0.888. The summed E-state index contributed by atoms with van der Waals surface area (Å²) in [6, 6.07) is 9.73. The van der Waals surface area contributed by atoms with Crippen LogP contribution in [0, 0.1) is 13.8 Å². The predicted octanol–water partition coefficient (Wildman–Crippen LogP) is 4.36. The van der Waals surface area contributed by atoms with E-state index in [1.807, 2.05) is 31.2 Å². The van der Waals surface area contributed by atoms with Gasteiger partial charge in [-0.25, -0.2) is 4.98 Å². The smallest absolute Gasteiger partial charge is 0.132 e. The first kappa shape index (κ1) is 14.7. The van der Waals surface area contributed by atoms with Gasteiger partial charge in [0.2, 0.25) is 0 Å². The second-order valence-electron chi connectivity index (χ2n) is 4.64. The molecule has 0 aliphatic carbocycles. The summed E-state index contributed by atoms with van der Waals surface area (Å²) < 4.78 is 5.84. The molecular formula is C16H19ClN2O. The number of pyridine rings is 1. The lowest BCUT2D eigenvalue weighted by molar-refractivity contribution is 0.299. The summed E-state index contributed by atoms with van der Waals surface area (Å²) in [5, 5.41) is 3.79. The molecule has 0 radical (unpaired) electrons. The molecule has 1 aromatic carbocycles. The van der Waals surface area contributed by atoms with Gasteiger partial charge in [0, 0.05) is 6.54 Å². The Hall–Kier alpha value is -1.74. The van der Waals surface area contributed by atoms with E-state index in [4.69, 9.17) is 16.3 Å². The molecule has 20 heavy (non-hydrogen) atoms. The second-order valence-corrected chi connectivity index (χ2v) is 5.05. The monoisotopic (exact) mass is 290 g/mol. The SMILES string of the molecule is CCNc1ccc(Cl)c(COc2cccc(C)c2C)n1. The lowest BCUT2D eigenvalue weighted by atomic mass is 10.1. The molecule has 1 N–H and O–H groups in total. The van der Waals surface area contributed by atoms with Crippen molar-refractivity contribution >= 4 is 17.4 Å². The maximum absolute atomic E-state index is 6.16. The van der Waals surface area contributed by atoms with Crippen LogP contribution in [0.25, 0.3) is 0 Å². The molecule has 4 heteroatoms. The van der Waals surface area contributed by atoms with Crippen LogP contribution in [0.1, 0.15) is 23.7 Å². The standard InChI is InChI=1S/C16H19ClN2O/c1-4-18-16-9-8-13(17)14(19-16)10-20-15-7-5-6-11(2)12(15)3/h5-9H,4,10H2,1-3H3,(H,18,19). The van der Waals surface area contributed by atoms with Crippen molar-refractivity contribution in [3.05, 3.63) is 52.2 Å². The zero-order valence-electron chi connectivity index (χ0n) is 12.0. The Bertz CT molecular complexity index is 599. The largest absolute Gasteiger partial charge is 0.487 e. The maximum atomic E-state index is 6.16. The predicted molar refractivity (Wildman–Crippen MR) is 83.7 cm³/mol. The summed E-state index contributed by atoms with van der Waals surface area (Å²) in [5.74, 6) is 1.69. The first-order valence-corrected chi connectivity index (χ1v) is 7.08. The van der Waals surface area contributed by atoms with Crippen LogP contribution in [0.4, 0.5) is 5.82 Å². The van der Waals surface area contributed by atoms with Crippen LogP contribution in [0.3, 0.4) is 0 Å². The van der Waals surface area contributed by atoms with Crippen LogP contribution < -0.4 is 10.1 Å². The first-order valence-electron chi connectivity index (χ1n) is 6.70. The third kappa shape index (κ3) is 3.42. The van der Waals surface area contributed by atoms with Gasteiger partial charge in [0.05, 0.1) is 10.7 Å². The van der Waals surface area contributed by atoms with E-state index in [0.29, 0.717) is 11.6 Å². The molecule has 106 valence electrons. The molecule has 0 saturated carbocycles. The summed E-state index contributed by atoms with van der Waals surface area (Å²) in [7, 11) is 0. The summed E-state index contributed by atoms with van der Waals surface area (Å²) in [4.78, 5) is 4.46. The summed E-state index contributed by atoms with van der Waals surface area (Å²) in [6.07, 6.45) is 0. The van der Waals surface area contributed by atoms with Crippen molar-refractivity contribution in [3.63, 3.8) is 0 Å². The number of hydrogen-bond donors (Lipinski definition) is 1. The number of nitrogens with zero attached hydrogens (tertiary/aromatic N) is 1. The average molecular weight is 291 g/mol. The number of benzene rings is 1.